The van der Waals surface area contributed by atoms with E-state index in [1.54, 1.807) is 6.07 Å². The predicted octanol–water partition coefficient (Wildman–Crippen LogP) is 3.83. The molecule has 0 bridgehead atoms. The second-order valence-corrected chi connectivity index (χ2v) is 6.34. The van der Waals surface area contributed by atoms with Crippen LogP contribution in [0.3, 0.4) is 0 Å². The summed E-state index contributed by atoms with van der Waals surface area (Å²) >= 11 is 5.86. The van der Waals surface area contributed by atoms with Crippen molar-refractivity contribution in [3.8, 4) is 0 Å². The fraction of sp³-hybridized carbons (Fsp3) is 0.625. The fourth-order valence-corrected chi connectivity index (χ4v) is 2.95. The van der Waals surface area contributed by atoms with E-state index in [4.69, 9.17) is 11.6 Å². The van der Waals surface area contributed by atoms with E-state index in [0.29, 0.717) is 12.1 Å². The zero-order chi connectivity index (χ0) is 14.5. The molecule has 1 fully saturated rings. The molecule has 0 radical (unpaired) electrons. The molecule has 1 saturated heterocycles. The summed E-state index contributed by atoms with van der Waals surface area (Å²) in [6.07, 6.45) is 3.77. The molecule has 0 amide bonds. The van der Waals surface area contributed by atoms with Crippen molar-refractivity contribution in [1.82, 2.24) is 10.2 Å². The van der Waals surface area contributed by atoms with Crippen molar-refractivity contribution >= 4 is 11.6 Å². The maximum absolute atomic E-state index is 13.2. The van der Waals surface area contributed by atoms with E-state index in [2.05, 4.69) is 24.1 Å². The molecule has 112 valence electrons. The summed E-state index contributed by atoms with van der Waals surface area (Å²) in [7, 11) is 0. The molecule has 0 spiro atoms. The van der Waals surface area contributed by atoms with Gasteiger partial charge in [0.05, 0.1) is 5.02 Å². The van der Waals surface area contributed by atoms with Gasteiger partial charge < -0.3 is 5.32 Å². The van der Waals surface area contributed by atoms with E-state index >= 15 is 0 Å². The second-order valence-electron chi connectivity index (χ2n) is 5.93. The topological polar surface area (TPSA) is 15.3 Å². The maximum Gasteiger partial charge on any atom is 0.141 e. The minimum atomic E-state index is -0.341. The standard InChI is InChI=1S/C16H24ClFN2/c1-12(2)19-10-14-5-3-4-8-20(14)11-13-6-7-16(18)15(17)9-13/h6-7,9,12,14,19H,3-5,8,10-11H2,1-2H3. The third-order valence-electron chi connectivity index (χ3n) is 3.88. The van der Waals surface area contributed by atoms with Crippen LogP contribution in [0, 0.1) is 5.82 Å². The lowest BCUT2D eigenvalue weighted by Crippen LogP contribution is -2.46. The number of nitrogens with one attached hydrogen (secondary N) is 1. The Bertz CT molecular complexity index is 436. The van der Waals surface area contributed by atoms with Crippen molar-refractivity contribution < 1.29 is 4.39 Å². The van der Waals surface area contributed by atoms with Crippen LogP contribution < -0.4 is 5.32 Å². The number of nitrogens with zero attached hydrogens (tertiary/aromatic N) is 1. The van der Waals surface area contributed by atoms with Crippen LogP contribution >= 0.6 is 11.6 Å². The SMILES string of the molecule is CC(C)NCC1CCCCN1Cc1ccc(F)c(Cl)c1. The summed E-state index contributed by atoms with van der Waals surface area (Å²) in [5.41, 5.74) is 1.09. The molecule has 1 aliphatic rings. The molecule has 0 saturated carbocycles. The second kappa shape index (κ2) is 7.39. The highest BCUT2D eigenvalue weighted by molar-refractivity contribution is 6.30. The zero-order valence-electron chi connectivity index (χ0n) is 12.3. The minimum absolute atomic E-state index is 0.219. The Balaban J connectivity index is 1.98. The lowest BCUT2D eigenvalue weighted by atomic mass is 10.0. The molecule has 0 aliphatic carbocycles. The first kappa shape index (κ1) is 15.7. The highest BCUT2D eigenvalue weighted by Crippen LogP contribution is 2.22. The van der Waals surface area contributed by atoms with Crippen LogP contribution in [0.25, 0.3) is 0 Å². The van der Waals surface area contributed by atoms with Gasteiger partial charge in [0.2, 0.25) is 0 Å². The number of hydrogen-bond acceptors (Lipinski definition) is 2. The summed E-state index contributed by atoms with van der Waals surface area (Å²) in [4.78, 5) is 2.49. The minimum Gasteiger partial charge on any atom is -0.313 e. The third-order valence-corrected chi connectivity index (χ3v) is 4.17. The first-order valence-electron chi connectivity index (χ1n) is 7.47. The van der Waals surface area contributed by atoms with Crippen molar-refractivity contribution in [2.24, 2.45) is 0 Å². The van der Waals surface area contributed by atoms with Crippen LogP contribution in [-0.2, 0) is 6.54 Å². The summed E-state index contributed by atoms with van der Waals surface area (Å²) < 4.78 is 13.2. The first-order valence-corrected chi connectivity index (χ1v) is 7.85. The van der Waals surface area contributed by atoms with Crippen LogP contribution in [0.5, 0.6) is 0 Å². The van der Waals surface area contributed by atoms with Crippen molar-refractivity contribution in [2.75, 3.05) is 13.1 Å². The zero-order valence-corrected chi connectivity index (χ0v) is 13.1. The van der Waals surface area contributed by atoms with E-state index in [1.165, 1.54) is 25.3 Å². The average molecular weight is 299 g/mol. The number of rotatable bonds is 5. The van der Waals surface area contributed by atoms with Crippen LogP contribution in [0.15, 0.2) is 18.2 Å². The highest BCUT2D eigenvalue weighted by atomic mass is 35.5. The lowest BCUT2D eigenvalue weighted by molar-refractivity contribution is 0.135. The van der Waals surface area contributed by atoms with E-state index < -0.39 is 0 Å². The first-order chi connectivity index (χ1) is 9.56. The van der Waals surface area contributed by atoms with E-state index in [-0.39, 0.29) is 10.8 Å². The van der Waals surface area contributed by atoms with Crippen LogP contribution in [0.1, 0.15) is 38.7 Å². The van der Waals surface area contributed by atoms with E-state index in [9.17, 15) is 4.39 Å². The molecule has 1 N–H and O–H groups in total. The fourth-order valence-electron chi connectivity index (χ4n) is 2.74. The van der Waals surface area contributed by atoms with Gasteiger partial charge in [-0.25, -0.2) is 4.39 Å². The lowest BCUT2D eigenvalue weighted by Gasteiger charge is -2.36. The van der Waals surface area contributed by atoms with Crippen LogP contribution in [0.4, 0.5) is 4.39 Å². The quantitative estimate of drug-likeness (QED) is 0.889. The number of likely N-dealkylation sites (tertiary alicyclic amines) is 1. The number of benzene rings is 1. The molecule has 1 aromatic rings. The van der Waals surface area contributed by atoms with Gasteiger partial charge in [0, 0.05) is 25.2 Å². The third kappa shape index (κ3) is 4.44. The summed E-state index contributed by atoms with van der Waals surface area (Å²) in [6.45, 7) is 7.33. The van der Waals surface area contributed by atoms with E-state index in [1.807, 2.05) is 6.07 Å². The Morgan fingerprint density at radius 3 is 2.90 bits per heavy atom. The van der Waals surface area contributed by atoms with Gasteiger partial charge in [0.15, 0.2) is 0 Å². The molecule has 2 nitrogen and oxygen atoms in total. The molecule has 1 unspecified atom stereocenters. The molecule has 1 aromatic carbocycles. The molecule has 4 heteroatoms. The summed E-state index contributed by atoms with van der Waals surface area (Å²) in [5.74, 6) is -0.341. The van der Waals surface area contributed by atoms with Crippen molar-refractivity contribution in [2.45, 2.75) is 51.7 Å². The Morgan fingerprint density at radius 1 is 1.40 bits per heavy atom. The van der Waals surface area contributed by atoms with Gasteiger partial charge in [-0.3, -0.25) is 4.90 Å². The molecule has 2 rings (SSSR count). The Morgan fingerprint density at radius 2 is 2.20 bits per heavy atom. The van der Waals surface area contributed by atoms with Gasteiger partial charge in [0.1, 0.15) is 5.82 Å². The normalized spacial score (nSPS) is 20.6. The Hall–Kier alpha value is -0.640. The Labute approximate surface area is 126 Å². The maximum atomic E-state index is 13.2. The Kier molecular flexibility index (Phi) is 5.82. The van der Waals surface area contributed by atoms with Gasteiger partial charge >= 0.3 is 0 Å². The monoisotopic (exact) mass is 298 g/mol. The summed E-state index contributed by atoms with van der Waals surface area (Å²) in [5, 5.41) is 3.74. The number of halogens is 2. The van der Waals surface area contributed by atoms with Crippen LogP contribution in [-0.4, -0.2) is 30.1 Å². The molecule has 1 aliphatic heterocycles. The van der Waals surface area contributed by atoms with Crippen molar-refractivity contribution in [1.29, 1.82) is 0 Å². The molecule has 0 aromatic heterocycles. The van der Waals surface area contributed by atoms with Gasteiger partial charge in [-0.2, -0.15) is 0 Å². The van der Waals surface area contributed by atoms with Crippen LogP contribution in [0.2, 0.25) is 5.02 Å². The van der Waals surface area contributed by atoms with E-state index in [0.717, 1.165) is 25.2 Å². The smallest absolute Gasteiger partial charge is 0.141 e. The van der Waals surface area contributed by atoms with Gasteiger partial charge in [-0.1, -0.05) is 37.9 Å². The average Bonchev–Trinajstić information content (AvgIpc) is 2.42. The number of piperidine rings is 1. The van der Waals surface area contributed by atoms with Crippen molar-refractivity contribution in [3.63, 3.8) is 0 Å². The van der Waals surface area contributed by atoms with Gasteiger partial charge in [-0.05, 0) is 37.1 Å². The number of hydrogen-bond donors (Lipinski definition) is 1. The molecule has 1 heterocycles. The van der Waals surface area contributed by atoms with Gasteiger partial charge in [0.25, 0.3) is 0 Å². The largest absolute Gasteiger partial charge is 0.313 e. The van der Waals surface area contributed by atoms with Gasteiger partial charge in [-0.15, -0.1) is 0 Å². The van der Waals surface area contributed by atoms with Crippen molar-refractivity contribution in [3.05, 3.63) is 34.6 Å². The molecular formula is C16H24ClFN2. The highest BCUT2D eigenvalue weighted by Gasteiger charge is 2.22. The molecular weight excluding hydrogens is 275 g/mol. The predicted molar refractivity (Wildman–Crippen MR) is 82.6 cm³/mol. The summed E-state index contributed by atoms with van der Waals surface area (Å²) in [6, 6.07) is 6.12. The molecule has 20 heavy (non-hydrogen) atoms. The molecule has 1 atom stereocenters.